The Bertz CT molecular complexity index is 276. The van der Waals surface area contributed by atoms with Crippen molar-refractivity contribution in [2.24, 2.45) is 0 Å². The van der Waals surface area contributed by atoms with Crippen LogP contribution in [0.2, 0.25) is 0 Å². The maximum Gasteiger partial charge on any atom is 0.157 e. The lowest BCUT2D eigenvalue weighted by Gasteiger charge is -2.07. The monoisotopic (exact) mass is 231 g/mol. The van der Waals surface area contributed by atoms with Crippen LogP contribution in [0.25, 0.3) is 0 Å². The van der Waals surface area contributed by atoms with Crippen molar-refractivity contribution in [3.63, 3.8) is 0 Å². The topological polar surface area (TPSA) is 43.7 Å². The average molecular weight is 232 g/mol. The van der Waals surface area contributed by atoms with Gasteiger partial charge in [0.1, 0.15) is 0 Å². The molecule has 0 heterocycles. The summed E-state index contributed by atoms with van der Waals surface area (Å²) in [5, 5.41) is 18.1. The van der Waals surface area contributed by atoms with E-state index in [1.165, 1.54) is 12.1 Å². The van der Waals surface area contributed by atoms with Gasteiger partial charge in [-0.3, -0.25) is 0 Å². The van der Waals surface area contributed by atoms with Gasteiger partial charge in [-0.05, 0) is 24.7 Å². The minimum absolute atomic E-state index is 0.0816. The Kier molecular flexibility index (Phi) is 2.94. The van der Waals surface area contributed by atoms with Crippen LogP contribution >= 0.6 is 16.1 Å². The van der Waals surface area contributed by atoms with Gasteiger partial charge in [-0.25, -0.2) is 3.93 Å². The van der Waals surface area contributed by atoms with Gasteiger partial charge in [0, 0.05) is 22.7 Å². The molecular weight excluding hydrogens is 222 g/mol. The molecular formula is C8H10BrNO2. The third kappa shape index (κ3) is 2.39. The summed E-state index contributed by atoms with van der Waals surface area (Å²) in [5.41, 5.74) is 0.935. The van der Waals surface area contributed by atoms with E-state index >= 15 is 0 Å². The molecule has 0 spiro atoms. The van der Waals surface area contributed by atoms with Crippen LogP contribution in [0.3, 0.4) is 0 Å². The van der Waals surface area contributed by atoms with Gasteiger partial charge in [-0.1, -0.05) is 6.07 Å². The molecule has 1 aromatic carbocycles. The van der Waals surface area contributed by atoms with Gasteiger partial charge in [-0.2, -0.15) is 0 Å². The van der Waals surface area contributed by atoms with E-state index in [0.29, 0.717) is 6.54 Å². The van der Waals surface area contributed by atoms with Gasteiger partial charge < -0.3 is 10.2 Å². The number of benzene rings is 1. The smallest absolute Gasteiger partial charge is 0.157 e. The van der Waals surface area contributed by atoms with E-state index in [-0.39, 0.29) is 11.5 Å². The molecule has 0 aliphatic heterocycles. The van der Waals surface area contributed by atoms with Crippen LogP contribution in [-0.4, -0.2) is 21.2 Å². The fourth-order valence-electron chi connectivity index (χ4n) is 0.919. The van der Waals surface area contributed by atoms with Gasteiger partial charge in [0.05, 0.1) is 0 Å². The Morgan fingerprint density at radius 3 is 2.50 bits per heavy atom. The largest absolute Gasteiger partial charge is 0.504 e. The first-order valence-electron chi connectivity index (χ1n) is 3.47. The lowest BCUT2D eigenvalue weighted by molar-refractivity contribution is 0.402. The number of phenols is 2. The van der Waals surface area contributed by atoms with Crippen molar-refractivity contribution in [1.82, 2.24) is 3.93 Å². The van der Waals surface area contributed by atoms with E-state index in [1.807, 2.05) is 7.05 Å². The quantitative estimate of drug-likeness (QED) is 0.604. The van der Waals surface area contributed by atoms with Crippen molar-refractivity contribution >= 4 is 16.1 Å². The zero-order valence-corrected chi connectivity index (χ0v) is 8.24. The zero-order valence-electron chi connectivity index (χ0n) is 6.66. The van der Waals surface area contributed by atoms with Gasteiger partial charge in [0.15, 0.2) is 11.5 Å². The van der Waals surface area contributed by atoms with Crippen LogP contribution in [0, 0.1) is 0 Å². The molecule has 0 aliphatic carbocycles. The summed E-state index contributed by atoms with van der Waals surface area (Å²) in [4.78, 5) is 0. The first kappa shape index (κ1) is 9.35. The van der Waals surface area contributed by atoms with Crippen molar-refractivity contribution in [3.05, 3.63) is 23.8 Å². The number of halogens is 1. The molecule has 0 aromatic heterocycles. The fourth-order valence-corrected chi connectivity index (χ4v) is 1.21. The maximum atomic E-state index is 9.13. The first-order chi connectivity index (χ1) is 5.59. The van der Waals surface area contributed by atoms with Crippen molar-refractivity contribution in [3.8, 4) is 11.5 Å². The minimum Gasteiger partial charge on any atom is -0.504 e. The Morgan fingerprint density at radius 1 is 1.33 bits per heavy atom. The molecule has 0 unspecified atom stereocenters. The van der Waals surface area contributed by atoms with Crippen molar-refractivity contribution in [2.75, 3.05) is 7.05 Å². The van der Waals surface area contributed by atoms with Crippen LogP contribution in [0.15, 0.2) is 18.2 Å². The van der Waals surface area contributed by atoms with Crippen molar-refractivity contribution < 1.29 is 10.2 Å². The van der Waals surface area contributed by atoms with Gasteiger partial charge in [0.2, 0.25) is 0 Å². The van der Waals surface area contributed by atoms with Crippen LogP contribution in [0.5, 0.6) is 11.5 Å². The third-order valence-electron chi connectivity index (χ3n) is 1.44. The number of hydrogen-bond acceptors (Lipinski definition) is 3. The Hall–Kier alpha value is -0.740. The van der Waals surface area contributed by atoms with Crippen LogP contribution < -0.4 is 0 Å². The molecule has 0 fully saturated rings. The number of aromatic hydroxyl groups is 2. The Morgan fingerprint density at radius 2 is 2.00 bits per heavy atom. The highest BCUT2D eigenvalue weighted by atomic mass is 79.9. The molecule has 1 rings (SSSR count). The Balaban J connectivity index is 2.82. The van der Waals surface area contributed by atoms with E-state index in [1.54, 1.807) is 9.99 Å². The highest BCUT2D eigenvalue weighted by molar-refractivity contribution is 9.07. The number of nitrogens with zero attached hydrogens (tertiary/aromatic N) is 1. The Labute approximate surface area is 79.6 Å². The lowest BCUT2D eigenvalue weighted by atomic mass is 10.2. The molecule has 0 bridgehead atoms. The highest BCUT2D eigenvalue weighted by Crippen LogP contribution is 2.25. The van der Waals surface area contributed by atoms with Crippen LogP contribution in [0.4, 0.5) is 0 Å². The minimum atomic E-state index is -0.0871. The van der Waals surface area contributed by atoms with Crippen LogP contribution in [-0.2, 0) is 6.54 Å². The SMILES string of the molecule is CN(Br)Cc1ccc(O)c(O)c1. The van der Waals surface area contributed by atoms with E-state index in [4.69, 9.17) is 10.2 Å². The summed E-state index contributed by atoms with van der Waals surface area (Å²) >= 11 is 3.24. The van der Waals surface area contributed by atoms with E-state index in [0.717, 1.165) is 5.56 Å². The van der Waals surface area contributed by atoms with Crippen molar-refractivity contribution in [1.29, 1.82) is 0 Å². The standard InChI is InChI=1S/C8H10BrNO2/c1-10(9)5-6-2-3-7(11)8(12)4-6/h2-4,11-12H,5H2,1H3. The fraction of sp³-hybridized carbons (Fsp3) is 0.250. The summed E-state index contributed by atoms with van der Waals surface area (Å²) in [6, 6.07) is 4.76. The summed E-state index contributed by atoms with van der Waals surface area (Å²) in [6.07, 6.45) is 0. The molecule has 0 amide bonds. The predicted molar refractivity (Wildman–Crippen MR) is 50.2 cm³/mol. The second-order valence-corrected chi connectivity index (χ2v) is 3.80. The highest BCUT2D eigenvalue weighted by Gasteiger charge is 2.01. The number of phenolic OH excluding ortho intramolecular Hbond substituents is 2. The molecule has 1 aromatic rings. The van der Waals surface area contributed by atoms with Crippen molar-refractivity contribution in [2.45, 2.75) is 6.54 Å². The number of hydrogen-bond donors (Lipinski definition) is 2. The molecule has 4 heteroatoms. The normalized spacial score (nSPS) is 10.6. The molecule has 0 saturated carbocycles. The molecule has 12 heavy (non-hydrogen) atoms. The first-order valence-corrected chi connectivity index (χ1v) is 4.18. The van der Waals surface area contributed by atoms with E-state index < -0.39 is 0 Å². The van der Waals surface area contributed by atoms with Gasteiger partial charge in [0.25, 0.3) is 0 Å². The molecule has 0 atom stereocenters. The summed E-state index contributed by atoms with van der Waals surface area (Å²) in [6.45, 7) is 0.674. The second-order valence-electron chi connectivity index (χ2n) is 2.59. The summed E-state index contributed by atoms with van der Waals surface area (Å²) in [5.74, 6) is -0.169. The molecule has 66 valence electrons. The molecule has 3 nitrogen and oxygen atoms in total. The maximum absolute atomic E-state index is 9.13. The molecule has 0 radical (unpaired) electrons. The van der Waals surface area contributed by atoms with Crippen LogP contribution in [0.1, 0.15) is 5.56 Å². The molecule has 0 saturated heterocycles. The van der Waals surface area contributed by atoms with E-state index in [2.05, 4.69) is 16.1 Å². The number of rotatable bonds is 2. The zero-order chi connectivity index (χ0) is 9.14. The molecule has 0 aliphatic rings. The summed E-state index contributed by atoms with van der Waals surface area (Å²) in [7, 11) is 1.86. The average Bonchev–Trinajstić information content (AvgIpc) is 1.96. The molecule has 2 N–H and O–H groups in total. The second kappa shape index (κ2) is 3.78. The van der Waals surface area contributed by atoms with Gasteiger partial charge >= 0.3 is 0 Å². The third-order valence-corrected chi connectivity index (χ3v) is 1.69. The summed E-state index contributed by atoms with van der Waals surface area (Å²) < 4.78 is 1.80. The lowest BCUT2D eigenvalue weighted by Crippen LogP contribution is -2.02. The predicted octanol–water partition coefficient (Wildman–Crippen LogP) is 1.84. The van der Waals surface area contributed by atoms with E-state index in [9.17, 15) is 0 Å². The van der Waals surface area contributed by atoms with Gasteiger partial charge in [-0.15, -0.1) is 0 Å².